The van der Waals surface area contributed by atoms with Crippen molar-refractivity contribution in [1.82, 2.24) is 4.90 Å². The molecule has 0 fully saturated rings. The van der Waals surface area contributed by atoms with E-state index in [1.54, 1.807) is 17.0 Å². The zero-order valence-corrected chi connectivity index (χ0v) is 13.0. The summed E-state index contributed by atoms with van der Waals surface area (Å²) in [6, 6.07) is 6.15. The van der Waals surface area contributed by atoms with Crippen LogP contribution in [0.4, 0.5) is 4.39 Å². The van der Waals surface area contributed by atoms with Crippen LogP contribution in [-0.2, 0) is 15.3 Å². The summed E-state index contributed by atoms with van der Waals surface area (Å²) < 4.78 is 12.8. The molecule has 0 aromatic heterocycles. The van der Waals surface area contributed by atoms with Gasteiger partial charge in [-0.3, -0.25) is 9.59 Å². The van der Waals surface area contributed by atoms with E-state index < -0.39 is 5.97 Å². The smallest absolute Gasteiger partial charge is 0.305 e. The van der Waals surface area contributed by atoms with Crippen molar-refractivity contribution in [3.05, 3.63) is 35.6 Å². The minimum absolute atomic E-state index is 0.0247. The van der Waals surface area contributed by atoms with Crippen molar-refractivity contribution < 1.29 is 19.1 Å². The molecule has 0 saturated heterocycles. The Morgan fingerprint density at radius 3 is 2.43 bits per heavy atom. The number of aliphatic carboxylic acids is 1. The number of hydrogen-bond acceptors (Lipinski definition) is 3. The molecule has 0 heterocycles. The molecule has 116 valence electrons. The Hall–Kier alpha value is -1.56. The number of benzene rings is 1. The lowest BCUT2D eigenvalue weighted by Gasteiger charge is -2.26. The molecule has 1 amide bonds. The molecule has 0 aliphatic carbocycles. The fraction of sp³-hybridized carbons (Fsp3) is 0.467. The highest BCUT2D eigenvalue weighted by Crippen LogP contribution is 2.14. The van der Waals surface area contributed by atoms with E-state index in [-0.39, 0.29) is 36.5 Å². The Kier molecular flexibility index (Phi) is 7.22. The Labute approximate surface area is 128 Å². The first-order valence-electron chi connectivity index (χ1n) is 6.73. The minimum Gasteiger partial charge on any atom is -0.481 e. The van der Waals surface area contributed by atoms with E-state index in [4.69, 9.17) is 5.11 Å². The van der Waals surface area contributed by atoms with Crippen LogP contribution in [0, 0.1) is 5.82 Å². The van der Waals surface area contributed by atoms with Gasteiger partial charge in [0.25, 0.3) is 0 Å². The second kappa shape index (κ2) is 8.67. The summed E-state index contributed by atoms with van der Waals surface area (Å²) in [4.78, 5) is 24.3. The second-order valence-electron chi connectivity index (χ2n) is 4.94. The molecule has 0 unspecified atom stereocenters. The Balaban J connectivity index is 2.42. The van der Waals surface area contributed by atoms with Crippen LogP contribution in [0.3, 0.4) is 0 Å². The van der Waals surface area contributed by atoms with Crippen LogP contribution in [0.2, 0.25) is 0 Å². The van der Waals surface area contributed by atoms with Gasteiger partial charge in [0.1, 0.15) is 5.82 Å². The van der Waals surface area contributed by atoms with Crippen LogP contribution < -0.4 is 0 Å². The van der Waals surface area contributed by atoms with Crippen molar-refractivity contribution in [3.63, 3.8) is 0 Å². The van der Waals surface area contributed by atoms with Gasteiger partial charge in [0.2, 0.25) is 5.91 Å². The molecule has 0 saturated carbocycles. The molecular formula is C15H20FNO3S. The van der Waals surface area contributed by atoms with Gasteiger partial charge in [0, 0.05) is 18.3 Å². The largest absolute Gasteiger partial charge is 0.481 e. The standard InChI is InChI=1S/C15H20FNO3S/c1-11(2)17(8-7-15(19)20)14(18)10-21-9-12-3-5-13(16)6-4-12/h3-6,11H,7-10H2,1-2H3,(H,19,20). The van der Waals surface area contributed by atoms with Gasteiger partial charge in [-0.1, -0.05) is 12.1 Å². The summed E-state index contributed by atoms with van der Waals surface area (Å²) in [5, 5.41) is 8.70. The van der Waals surface area contributed by atoms with Gasteiger partial charge in [-0.15, -0.1) is 11.8 Å². The number of carbonyl (C=O) groups is 2. The van der Waals surface area contributed by atoms with Crippen molar-refractivity contribution in [2.45, 2.75) is 32.1 Å². The van der Waals surface area contributed by atoms with Crippen molar-refractivity contribution in [2.24, 2.45) is 0 Å². The average Bonchev–Trinajstić information content (AvgIpc) is 2.40. The monoisotopic (exact) mass is 313 g/mol. The predicted molar refractivity (Wildman–Crippen MR) is 81.7 cm³/mol. The third-order valence-electron chi connectivity index (χ3n) is 2.92. The molecule has 0 radical (unpaired) electrons. The number of hydrogen-bond donors (Lipinski definition) is 1. The molecule has 0 atom stereocenters. The van der Waals surface area contributed by atoms with E-state index >= 15 is 0 Å². The lowest BCUT2D eigenvalue weighted by atomic mass is 10.2. The maximum Gasteiger partial charge on any atom is 0.305 e. The lowest BCUT2D eigenvalue weighted by molar-refractivity contribution is -0.138. The molecule has 0 aliphatic heterocycles. The fourth-order valence-electron chi connectivity index (χ4n) is 1.81. The molecule has 21 heavy (non-hydrogen) atoms. The summed E-state index contributed by atoms with van der Waals surface area (Å²) in [5.41, 5.74) is 0.954. The van der Waals surface area contributed by atoms with Crippen molar-refractivity contribution in [2.75, 3.05) is 12.3 Å². The number of carboxylic acids is 1. The number of amides is 1. The summed E-state index contributed by atoms with van der Waals surface area (Å²) in [7, 11) is 0. The number of carbonyl (C=O) groups excluding carboxylic acids is 1. The van der Waals surface area contributed by atoms with Crippen molar-refractivity contribution >= 4 is 23.6 Å². The second-order valence-corrected chi connectivity index (χ2v) is 5.93. The van der Waals surface area contributed by atoms with Gasteiger partial charge < -0.3 is 10.0 Å². The maximum absolute atomic E-state index is 12.8. The number of rotatable bonds is 8. The SMILES string of the molecule is CC(C)N(CCC(=O)O)C(=O)CSCc1ccc(F)cc1. The zero-order valence-electron chi connectivity index (χ0n) is 12.2. The van der Waals surface area contributed by atoms with E-state index in [0.717, 1.165) is 5.56 Å². The topological polar surface area (TPSA) is 57.6 Å². The molecule has 1 rings (SSSR count). The average molecular weight is 313 g/mol. The first-order chi connectivity index (χ1) is 9.90. The van der Waals surface area contributed by atoms with E-state index in [9.17, 15) is 14.0 Å². The molecule has 1 aromatic carbocycles. The quantitative estimate of drug-likeness (QED) is 0.802. The van der Waals surface area contributed by atoms with Crippen LogP contribution in [0.25, 0.3) is 0 Å². The third-order valence-corrected chi connectivity index (χ3v) is 3.91. The van der Waals surface area contributed by atoms with Gasteiger partial charge in [0.05, 0.1) is 12.2 Å². The molecule has 0 bridgehead atoms. The van der Waals surface area contributed by atoms with Crippen LogP contribution in [0.15, 0.2) is 24.3 Å². The predicted octanol–water partition coefficient (Wildman–Crippen LogP) is 2.77. The molecule has 6 heteroatoms. The normalized spacial score (nSPS) is 10.7. The minimum atomic E-state index is -0.910. The highest BCUT2D eigenvalue weighted by molar-refractivity contribution is 7.99. The maximum atomic E-state index is 12.8. The fourth-order valence-corrected chi connectivity index (χ4v) is 2.68. The highest BCUT2D eigenvalue weighted by atomic mass is 32.2. The van der Waals surface area contributed by atoms with Gasteiger partial charge in [-0.2, -0.15) is 0 Å². The van der Waals surface area contributed by atoms with Crippen LogP contribution in [0.1, 0.15) is 25.8 Å². The van der Waals surface area contributed by atoms with Crippen LogP contribution >= 0.6 is 11.8 Å². The molecule has 0 spiro atoms. The summed E-state index contributed by atoms with van der Waals surface area (Å²) in [5.74, 6) is -0.350. The molecule has 1 N–H and O–H groups in total. The van der Waals surface area contributed by atoms with E-state index in [0.29, 0.717) is 5.75 Å². The molecule has 4 nitrogen and oxygen atoms in total. The van der Waals surface area contributed by atoms with E-state index in [1.165, 1.54) is 23.9 Å². The van der Waals surface area contributed by atoms with Gasteiger partial charge >= 0.3 is 5.97 Å². The first-order valence-corrected chi connectivity index (χ1v) is 7.89. The van der Waals surface area contributed by atoms with Gasteiger partial charge in [-0.25, -0.2) is 4.39 Å². The molecule has 0 aliphatic rings. The number of halogens is 1. The lowest BCUT2D eigenvalue weighted by Crippen LogP contribution is -2.39. The molecular weight excluding hydrogens is 293 g/mol. The third kappa shape index (κ3) is 6.62. The Morgan fingerprint density at radius 2 is 1.90 bits per heavy atom. The van der Waals surface area contributed by atoms with Crippen molar-refractivity contribution in [3.8, 4) is 0 Å². The van der Waals surface area contributed by atoms with E-state index in [1.807, 2.05) is 13.8 Å². The van der Waals surface area contributed by atoms with Gasteiger partial charge in [-0.05, 0) is 31.5 Å². The van der Waals surface area contributed by atoms with Crippen LogP contribution in [0.5, 0.6) is 0 Å². The first kappa shape index (κ1) is 17.5. The van der Waals surface area contributed by atoms with Crippen LogP contribution in [-0.4, -0.2) is 40.2 Å². The Morgan fingerprint density at radius 1 is 1.29 bits per heavy atom. The number of nitrogens with zero attached hydrogens (tertiary/aromatic N) is 1. The zero-order chi connectivity index (χ0) is 15.8. The summed E-state index contributed by atoms with van der Waals surface area (Å²) in [6.45, 7) is 3.96. The summed E-state index contributed by atoms with van der Waals surface area (Å²) in [6.07, 6.45) is -0.0491. The Bertz CT molecular complexity index is 476. The number of carboxylic acid groups (broad SMARTS) is 1. The molecule has 1 aromatic rings. The van der Waals surface area contributed by atoms with Crippen molar-refractivity contribution in [1.29, 1.82) is 0 Å². The van der Waals surface area contributed by atoms with Gasteiger partial charge in [0.15, 0.2) is 0 Å². The van der Waals surface area contributed by atoms with E-state index in [2.05, 4.69) is 0 Å². The summed E-state index contributed by atoms with van der Waals surface area (Å²) >= 11 is 1.44. The number of thioether (sulfide) groups is 1. The highest BCUT2D eigenvalue weighted by Gasteiger charge is 2.17.